The average Bonchev–Trinajstić information content (AvgIpc) is 2.39. The van der Waals surface area contributed by atoms with Crippen molar-refractivity contribution in [3.63, 3.8) is 0 Å². The first kappa shape index (κ1) is 11.2. The van der Waals surface area contributed by atoms with Crippen molar-refractivity contribution >= 4 is 0 Å². The molecule has 1 aliphatic heterocycles. The summed E-state index contributed by atoms with van der Waals surface area (Å²) in [4.78, 5) is 2.67. The van der Waals surface area contributed by atoms with E-state index in [-0.39, 0.29) is 0 Å². The lowest BCUT2D eigenvalue weighted by atomic mass is 9.85. The molecule has 2 heteroatoms. The Kier molecular flexibility index (Phi) is 3.17. The molecule has 1 atom stereocenters. The van der Waals surface area contributed by atoms with E-state index < -0.39 is 0 Å². The first-order valence-electron chi connectivity index (χ1n) is 6.89. The van der Waals surface area contributed by atoms with Crippen LogP contribution in [0.3, 0.4) is 0 Å². The summed E-state index contributed by atoms with van der Waals surface area (Å²) in [6.45, 7) is 6.92. The summed E-state index contributed by atoms with van der Waals surface area (Å²) in [5.41, 5.74) is 4.60. The van der Waals surface area contributed by atoms with E-state index >= 15 is 0 Å². The van der Waals surface area contributed by atoms with E-state index in [2.05, 4.69) is 35.3 Å². The molecule has 92 valence electrons. The molecule has 2 nitrogen and oxygen atoms in total. The average molecular weight is 230 g/mol. The molecule has 1 unspecified atom stereocenters. The summed E-state index contributed by atoms with van der Waals surface area (Å²) in [6, 6.07) is 7.72. The van der Waals surface area contributed by atoms with Crippen molar-refractivity contribution in [1.29, 1.82) is 0 Å². The maximum absolute atomic E-state index is 3.45. The summed E-state index contributed by atoms with van der Waals surface area (Å²) < 4.78 is 0. The van der Waals surface area contributed by atoms with Gasteiger partial charge in [0.1, 0.15) is 0 Å². The van der Waals surface area contributed by atoms with Gasteiger partial charge in [0.25, 0.3) is 0 Å². The fourth-order valence-electron chi connectivity index (χ4n) is 3.29. The standard InChI is InChI=1S/C15H22N2/c1-12-5-6-14-13(11-12)3-2-4-15(14)17-9-7-16-8-10-17/h5-6,11,15-16H,2-4,7-10H2,1H3. The number of fused-ring (bicyclic) bond motifs is 1. The van der Waals surface area contributed by atoms with Crippen LogP contribution in [0.2, 0.25) is 0 Å². The van der Waals surface area contributed by atoms with Crippen LogP contribution in [0.5, 0.6) is 0 Å². The molecule has 1 aliphatic carbocycles. The van der Waals surface area contributed by atoms with E-state index in [1.165, 1.54) is 37.9 Å². The van der Waals surface area contributed by atoms with Crippen LogP contribution in [-0.2, 0) is 6.42 Å². The SMILES string of the molecule is Cc1ccc2c(c1)CCCC2N1CCNCC1. The number of hydrogen-bond acceptors (Lipinski definition) is 2. The molecule has 3 rings (SSSR count). The van der Waals surface area contributed by atoms with Crippen molar-refractivity contribution in [2.75, 3.05) is 26.2 Å². The van der Waals surface area contributed by atoms with Gasteiger partial charge in [-0.1, -0.05) is 23.8 Å². The Morgan fingerprint density at radius 2 is 2.06 bits per heavy atom. The first-order chi connectivity index (χ1) is 8.34. The number of hydrogen-bond donors (Lipinski definition) is 1. The smallest absolute Gasteiger partial charge is 0.0352 e. The maximum atomic E-state index is 3.45. The molecule has 0 aromatic heterocycles. The van der Waals surface area contributed by atoms with Crippen LogP contribution in [0.4, 0.5) is 0 Å². The van der Waals surface area contributed by atoms with E-state index in [0.717, 1.165) is 13.1 Å². The molecule has 1 saturated heterocycles. The van der Waals surface area contributed by atoms with E-state index in [0.29, 0.717) is 6.04 Å². The van der Waals surface area contributed by atoms with Gasteiger partial charge >= 0.3 is 0 Å². The Hall–Kier alpha value is -0.860. The number of piperazine rings is 1. The highest BCUT2D eigenvalue weighted by molar-refractivity contribution is 5.35. The topological polar surface area (TPSA) is 15.3 Å². The third kappa shape index (κ3) is 2.24. The largest absolute Gasteiger partial charge is 0.314 e. The lowest BCUT2D eigenvalue weighted by Gasteiger charge is -2.38. The first-order valence-corrected chi connectivity index (χ1v) is 6.89. The van der Waals surface area contributed by atoms with E-state index in [1.54, 1.807) is 11.1 Å². The second-order valence-electron chi connectivity index (χ2n) is 5.40. The quantitative estimate of drug-likeness (QED) is 0.796. The zero-order valence-electron chi connectivity index (χ0n) is 10.7. The van der Waals surface area contributed by atoms with Crippen LogP contribution >= 0.6 is 0 Å². The highest BCUT2D eigenvalue weighted by Crippen LogP contribution is 2.34. The van der Waals surface area contributed by atoms with Crippen LogP contribution in [0.25, 0.3) is 0 Å². The van der Waals surface area contributed by atoms with E-state index in [4.69, 9.17) is 0 Å². The molecular weight excluding hydrogens is 208 g/mol. The normalized spacial score (nSPS) is 25.6. The molecule has 1 aromatic carbocycles. The third-order valence-electron chi connectivity index (χ3n) is 4.17. The molecule has 1 heterocycles. The molecule has 0 bridgehead atoms. The monoisotopic (exact) mass is 230 g/mol. The summed E-state index contributed by atoms with van der Waals surface area (Å²) in [5, 5.41) is 3.45. The minimum absolute atomic E-state index is 0.682. The van der Waals surface area contributed by atoms with Gasteiger partial charge in [-0.2, -0.15) is 0 Å². The lowest BCUT2D eigenvalue weighted by molar-refractivity contribution is 0.158. The molecule has 0 saturated carbocycles. The molecule has 1 N–H and O–H groups in total. The van der Waals surface area contributed by atoms with Gasteiger partial charge in [-0.15, -0.1) is 0 Å². The summed E-state index contributed by atoms with van der Waals surface area (Å²) in [6.07, 6.45) is 3.97. The third-order valence-corrected chi connectivity index (χ3v) is 4.17. The minimum atomic E-state index is 0.682. The number of nitrogens with one attached hydrogen (secondary N) is 1. The maximum Gasteiger partial charge on any atom is 0.0352 e. The van der Waals surface area contributed by atoms with Crippen LogP contribution in [0.15, 0.2) is 18.2 Å². The molecule has 17 heavy (non-hydrogen) atoms. The predicted octanol–water partition coefficient (Wildman–Crippen LogP) is 2.28. The second-order valence-corrected chi connectivity index (χ2v) is 5.40. The van der Waals surface area contributed by atoms with Crippen molar-refractivity contribution in [3.8, 4) is 0 Å². The Morgan fingerprint density at radius 1 is 1.24 bits per heavy atom. The molecule has 1 fully saturated rings. The van der Waals surface area contributed by atoms with Gasteiger partial charge in [-0.05, 0) is 37.3 Å². The molecule has 0 spiro atoms. The summed E-state index contributed by atoms with van der Waals surface area (Å²) in [5.74, 6) is 0. The Bertz CT molecular complexity index is 394. The summed E-state index contributed by atoms with van der Waals surface area (Å²) in [7, 11) is 0. The summed E-state index contributed by atoms with van der Waals surface area (Å²) >= 11 is 0. The Balaban J connectivity index is 1.88. The van der Waals surface area contributed by atoms with E-state index in [1.807, 2.05) is 0 Å². The van der Waals surface area contributed by atoms with Crippen molar-refractivity contribution in [2.45, 2.75) is 32.2 Å². The van der Waals surface area contributed by atoms with Crippen molar-refractivity contribution in [3.05, 3.63) is 34.9 Å². The number of benzene rings is 1. The molecule has 2 aliphatic rings. The van der Waals surface area contributed by atoms with Crippen LogP contribution in [-0.4, -0.2) is 31.1 Å². The molecule has 0 radical (unpaired) electrons. The van der Waals surface area contributed by atoms with Gasteiger partial charge in [0.05, 0.1) is 0 Å². The number of aryl methyl sites for hydroxylation is 2. The zero-order valence-corrected chi connectivity index (χ0v) is 10.7. The van der Waals surface area contributed by atoms with Crippen LogP contribution < -0.4 is 5.32 Å². The molecule has 0 amide bonds. The van der Waals surface area contributed by atoms with Gasteiger partial charge in [-0.3, -0.25) is 4.90 Å². The van der Waals surface area contributed by atoms with Gasteiger partial charge in [0.15, 0.2) is 0 Å². The Morgan fingerprint density at radius 3 is 2.88 bits per heavy atom. The van der Waals surface area contributed by atoms with Crippen molar-refractivity contribution < 1.29 is 0 Å². The lowest BCUT2D eigenvalue weighted by Crippen LogP contribution is -2.45. The van der Waals surface area contributed by atoms with E-state index in [9.17, 15) is 0 Å². The van der Waals surface area contributed by atoms with Crippen molar-refractivity contribution in [1.82, 2.24) is 10.2 Å². The van der Waals surface area contributed by atoms with Gasteiger partial charge in [-0.25, -0.2) is 0 Å². The second kappa shape index (κ2) is 4.79. The zero-order chi connectivity index (χ0) is 11.7. The Labute approximate surface area is 104 Å². The minimum Gasteiger partial charge on any atom is -0.314 e. The number of nitrogens with zero attached hydrogens (tertiary/aromatic N) is 1. The predicted molar refractivity (Wildman–Crippen MR) is 71.3 cm³/mol. The van der Waals surface area contributed by atoms with Crippen LogP contribution in [0.1, 0.15) is 35.6 Å². The van der Waals surface area contributed by atoms with Gasteiger partial charge < -0.3 is 5.32 Å². The fraction of sp³-hybridized carbons (Fsp3) is 0.600. The molecule has 1 aromatic rings. The van der Waals surface area contributed by atoms with Crippen molar-refractivity contribution in [2.24, 2.45) is 0 Å². The fourth-order valence-corrected chi connectivity index (χ4v) is 3.29. The van der Waals surface area contributed by atoms with Gasteiger partial charge in [0, 0.05) is 32.2 Å². The van der Waals surface area contributed by atoms with Gasteiger partial charge in [0.2, 0.25) is 0 Å². The van der Waals surface area contributed by atoms with Crippen LogP contribution in [0, 0.1) is 6.92 Å². The highest BCUT2D eigenvalue weighted by Gasteiger charge is 2.26. The number of rotatable bonds is 1. The molecular formula is C15H22N2. The highest BCUT2D eigenvalue weighted by atomic mass is 15.2.